The van der Waals surface area contributed by atoms with Crippen LogP contribution in [0.25, 0.3) is 5.69 Å². The number of para-hydroxylation sites is 1. The number of nitrogen functional groups attached to an aromatic ring is 1. The maximum Gasteiger partial charge on any atom is 0.232 e. The number of hydrogen-bond donors (Lipinski definition) is 2. The van der Waals surface area contributed by atoms with Crippen molar-refractivity contribution in [2.45, 2.75) is 26.9 Å². The largest absolute Gasteiger partial charge is 0.368 e. The van der Waals surface area contributed by atoms with Crippen LogP contribution < -0.4 is 11.1 Å². The minimum absolute atomic E-state index is 0.122. The van der Waals surface area contributed by atoms with Gasteiger partial charge in [0.25, 0.3) is 0 Å². The van der Waals surface area contributed by atoms with Crippen LogP contribution in [-0.4, -0.2) is 36.7 Å². The van der Waals surface area contributed by atoms with Crippen molar-refractivity contribution in [2.75, 3.05) is 18.1 Å². The molecule has 2 aromatic carbocycles. The first kappa shape index (κ1) is 21.4. The maximum atomic E-state index is 13.1. The summed E-state index contributed by atoms with van der Waals surface area (Å²) in [6, 6.07) is 16.0. The Morgan fingerprint density at radius 1 is 0.969 bits per heavy atom. The average Bonchev–Trinajstić information content (AvgIpc) is 3.04. The maximum absolute atomic E-state index is 13.1. The summed E-state index contributed by atoms with van der Waals surface area (Å²) in [6.07, 6.45) is 0. The topological polar surface area (TPSA) is 97.8 Å². The molecule has 2 aromatic heterocycles. The van der Waals surface area contributed by atoms with Crippen molar-refractivity contribution in [3.8, 4) is 5.69 Å². The van der Waals surface area contributed by atoms with Crippen molar-refractivity contribution in [3.05, 3.63) is 83.2 Å². The molecule has 0 bridgehead atoms. The quantitative estimate of drug-likeness (QED) is 0.459. The number of aryl methyl sites for hydroxylation is 1. The van der Waals surface area contributed by atoms with Crippen LogP contribution in [0, 0.1) is 19.7 Å². The van der Waals surface area contributed by atoms with Crippen molar-refractivity contribution in [2.24, 2.45) is 0 Å². The van der Waals surface area contributed by atoms with E-state index in [0.29, 0.717) is 30.5 Å². The lowest BCUT2D eigenvalue weighted by molar-refractivity contribution is 0.309. The van der Waals surface area contributed by atoms with E-state index in [0.717, 1.165) is 22.6 Å². The molecule has 8 nitrogen and oxygen atoms in total. The van der Waals surface area contributed by atoms with E-state index < -0.39 is 0 Å². The van der Waals surface area contributed by atoms with E-state index in [1.54, 1.807) is 12.1 Å². The first-order chi connectivity index (χ1) is 15.4. The fourth-order valence-electron chi connectivity index (χ4n) is 3.52. The molecule has 0 atom stereocenters. The number of hydrogen-bond acceptors (Lipinski definition) is 7. The second-order valence-corrected chi connectivity index (χ2v) is 7.63. The summed E-state index contributed by atoms with van der Waals surface area (Å²) in [5.74, 6) is 0.665. The van der Waals surface area contributed by atoms with Gasteiger partial charge >= 0.3 is 0 Å². The molecule has 4 rings (SSSR count). The molecule has 2 heterocycles. The van der Waals surface area contributed by atoms with Gasteiger partial charge in [0.05, 0.1) is 17.9 Å². The lowest BCUT2D eigenvalue weighted by Gasteiger charge is -2.17. The van der Waals surface area contributed by atoms with Gasteiger partial charge in [0.1, 0.15) is 11.6 Å². The zero-order valence-electron chi connectivity index (χ0n) is 18.2. The second-order valence-electron chi connectivity index (χ2n) is 7.63. The molecular formula is C23H25FN8. The first-order valence-electron chi connectivity index (χ1n) is 10.2. The molecule has 3 N–H and O–H groups in total. The highest BCUT2D eigenvalue weighted by Crippen LogP contribution is 2.20. The van der Waals surface area contributed by atoms with Crippen LogP contribution in [0.15, 0.2) is 54.6 Å². The standard InChI is InChI=1S/C23H25FN8/c1-15-20(16(2)32(30-15)19-7-5-4-6-8-19)13-31(3)14-21-27-22(25)29-23(28-21)26-18-11-9-17(24)10-12-18/h4-12H,13-14H2,1-3H3,(H3,25,26,27,28,29). The highest BCUT2D eigenvalue weighted by atomic mass is 19.1. The lowest BCUT2D eigenvalue weighted by atomic mass is 10.2. The van der Waals surface area contributed by atoms with Gasteiger partial charge in [-0.1, -0.05) is 18.2 Å². The van der Waals surface area contributed by atoms with Crippen LogP contribution in [0.1, 0.15) is 22.8 Å². The predicted octanol–water partition coefficient (Wildman–Crippen LogP) is 3.77. The summed E-state index contributed by atoms with van der Waals surface area (Å²) < 4.78 is 15.1. The third-order valence-electron chi connectivity index (χ3n) is 5.08. The average molecular weight is 433 g/mol. The van der Waals surface area contributed by atoms with E-state index in [9.17, 15) is 4.39 Å². The van der Waals surface area contributed by atoms with Crippen molar-refractivity contribution in [1.82, 2.24) is 29.6 Å². The van der Waals surface area contributed by atoms with Gasteiger partial charge in [0.2, 0.25) is 11.9 Å². The van der Waals surface area contributed by atoms with Gasteiger partial charge in [-0.25, -0.2) is 9.07 Å². The number of nitrogens with two attached hydrogens (primary N) is 1. The van der Waals surface area contributed by atoms with Gasteiger partial charge in [-0.2, -0.15) is 20.1 Å². The van der Waals surface area contributed by atoms with Gasteiger partial charge in [0, 0.05) is 23.5 Å². The van der Waals surface area contributed by atoms with Crippen molar-refractivity contribution in [3.63, 3.8) is 0 Å². The number of nitrogens with zero attached hydrogens (tertiary/aromatic N) is 6. The molecule has 0 saturated heterocycles. The molecule has 164 valence electrons. The summed E-state index contributed by atoms with van der Waals surface area (Å²) >= 11 is 0. The Labute approximate surface area is 186 Å². The van der Waals surface area contributed by atoms with Crippen LogP contribution in [0.5, 0.6) is 0 Å². The highest BCUT2D eigenvalue weighted by molar-refractivity contribution is 5.53. The molecule has 0 radical (unpaired) electrons. The molecule has 0 aliphatic carbocycles. The number of rotatable bonds is 7. The summed E-state index contributed by atoms with van der Waals surface area (Å²) in [6.45, 7) is 5.24. The van der Waals surface area contributed by atoms with Crippen LogP contribution >= 0.6 is 0 Å². The molecule has 0 aliphatic heterocycles. The number of halogens is 1. The van der Waals surface area contributed by atoms with Gasteiger partial charge in [0.15, 0.2) is 0 Å². The van der Waals surface area contributed by atoms with Gasteiger partial charge < -0.3 is 11.1 Å². The molecule has 0 spiro atoms. The predicted molar refractivity (Wildman–Crippen MR) is 122 cm³/mol. The molecule has 9 heteroatoms. The van der Waals surface area contributed by atoms with Crippen LogP contribution in [-0.2, 0) is 13.1 Å². The van der Waals surface area contributed by atoms with Crippen molar-refractivity contribution < 1.29 is 4.39 Å². The first-order valence-corrected chi connectivity index (χ1v) is 10.2. The normalized spacial score (nSPS) is 11.2. The summed E-state index contributed by atoms with van der Waals surface area (Å²) in [5.41, 5.74) is 10.8. The number of aromatic nitrogens is 5. The molecule has 0 fully saturated rings. The Morgan fingerprint density at radius 3 is 2.41 bits per heavy atom. The van der Waals surface area contributed by atoms with Crippen LogP contribution in [0.2, 0.25) is 0 Å². The van der Waals surface area contributed by atoms with E-state index in [1.807, 2.05) is 49.0 Å². The van der Waals surface area contributed by atoms with Crippen molar-refractivity contribution in [1.29, 1.82) is 0 Å². The number of anilines is 3. The summed E-state index contributed by atoms with van der Waals surface area (Å²) in [7, 11) is 1.99. The molecule has 0 amide bonds. The fourth-order valence-corrected chi connectivity index (χ4v) is 3.52. The fraction of sp³-hybridized carbons (Fsp3) is 0.217. The van der Waals surface area contributed by atoms with Crippen LogP contribution in [0.3, 0.4) is 0 Å². The van der Waals surface area contributed by atoms with Gasteiger partial charge in [-0.15, -0.1) is 0 Å². The monoisotopic (exact) mass is 432 g/mol. The van der Waals surface area contributed by atoms with E-state index >= 15 is 0 Å². The Bertz CT molecular complexity index is 1200. The third-order valence-corrected chi connectivity index (χ3v) is 5.08. The van der Waals surface area contributed by atoms with E-state index in [2.05, 4.69) is 32.1 Å². The minimum Gasteiger partial charge on any atom is -0.368 e. The molecule has 0 saturated carbocycles. The molecule has 0 aliphatic rings. The zero-order valence-corrected chi connectivity index (χ0v) is 18.2. The molecule has 0 unspecified atom stereocenters. The van der Waals surface area contributed by atoms with E-state index in [4.69, 9.17) is 10.8 Å². The van der Waals surface area contributed by atoms with Gasteiger partial charge in [-0.05, 0) is 57.3 Å². The lowest BCUT2D eigenvalue weighted by Crippen LogP contribution is -2.21. The molecule has 32 heavy (non-hydrogen) atoms. The number of nitrogens with one attached hydrogen (secondary N) is 1. The zero-order chi connectivity index (χ0) is 22.7. The summed E-state index contributed by atoms with van der Waals surface area (Å²) in [5, 5.41) is 7.75. The Hall–Kier alpha value is -3.85. The Morgan fingerprint density at radius 2 is 1.69 bits per heavy atom. The van der Waals surface area contributed by atoms with Crippen molar-refractivity contribution >= 4 is 17.6 Å². The second kappa shape index (κ2) is 9.11. The Kier molecular flexibility index (Phi) is 6.09. The Balaban J connectivity index is 1.49. The van der Waals surface area contributed by atoms with Gasteiger partial charge in [-0.3, -0.25) is 4.90 Å². The molecular weight excluding hydrogens is 407 g/mol. The molecule has 4 aromatic rings. The summed E-state index contributed by atoms with van der Waals surface area (Å²) in [4.78, 5) is 14.9. The minimum atomic E-state index is -0.311. The number of benzene rings is 2. The SMILES string of the molecule is Cc1nn(-c2ccccc2)c(C)c1CN(C)Cc1nc(N)nc(Nc2ccc(F)cc2)n1. The van der Waals surface area contributed by atoms with E-state index in [1.165, 1.54) is 12.1 Å². The highest BCUT2D eigenvalue weighted by Gasteiger charge is 2.16. The third kappa shape index (κ3) is 4.89. The van der Waals surface area contributed by atoms with Crippen LogP contribution in [0.4, 0.5) is 22.0 Å². The smallest absolute Gasteiger partial charge is 0.232 e. The van der Waals surface area contributed by atoms with E-state index in [-0.39, 0.29) is 11.8 Å².